The molecule has 5 rings (SSSR count). The number of para-hydroxylation sites is 1. The van der Waals surface area contributed by atoms with Gasteiger partial charge in [-0.1, -0.05) is 37.6 Å². The van der Waals surface area contributed by atoms with Crippen LogP contribution in [0.1, 0.15) is 47.5 Å². The molecule has 1 N–H and O–H groups in total. The zero-order valence-electron chi connectivity index (χ0n) is 22.3. The van der Waals surface area contributed by atoms with Crippen LogP contribution >= 0.6 is 0 Å². The zero-order valence-corrected chi connectivity index (χ0v) is 22.3. The van der Waals surface area contributed by atoms with E-state index in [1.54, 1.807) is 23.1 Å². The summed E-state index contributed by atoms with van der Waals surface area (Å²) in [4.78, 5) is 31.5. The number of hydrogen-bond donors (Lipinski definition) is 1. The Labute approximate surface area is 214 Å². The molecule has 0 radical (unpaired) electrons. The fourth-order valence-electron chi connectivity index (χ4n) is 5.63. The zero-order chi connectivity index (χ0) is 26.1. The number of carbonyl (C=O) groups excluding carboxylic acids is 2. The maximum Gasteiger partial charge on any atom is 0.410 e. The number of ether oxygens (including phenoxy) is 1. The standard InChI is InChI=1S/C28H41FN4O3/c1-27(2,3)36-26(35)32-15-12-31(13-16-32)14-17-33(25(34)30-24-9-7-6-8-23(24)29)19-20-10-11-21-18-22(20)28(21,4)5/h6-10,21-22H,11-19H2,1-5H3,(H,30,34). The molecule has 1 saturated heterocycles. The van der Waals surface area contributed by atoms with Crippen molar-refractivity contribution in [1.82, 2.24) is 14.7 Å². The molecule has 3 aliphatic carbocycles. The number of halogens is 1. The van der Waals surface area contributed by atoms with Gasteiger partial charge in [-0.2, -0.15) is 0 Å². The van der Waals surface area contributed by atoms with Gasteiger partial charge in [-0.3, -0.25) is 4.90 Å². The van der Waals surface area contributed by atoms with Crippen LogP contribution in [-0.4, -0.2) is 78.2 Å². The van der Waals surface area contributed by atoms with Crippen LogP contribution in [0.25, 0.3) is 0 Å². The van der Waals surface area contributed by atoms with E-state index in [2.05, 4.69) is 30.1 Å². The van der Waals surface area contributed by atoms with Crippen molar-refractivity contribution in [2.24, 2.45) is 17.3 Å². The fourth-order valence-corrected chi connectivity index (χ4v) is 5.63. The number of benzene rings is 1. The molecule has 36 heavy (non-hydrogen) atoms. The van der Waals surface area contributed by atoms with Crippen molar-refractivity contribution in [3.63, 3.8) is 0 Å². The second-order valence-electron chi connectivity index (χ2n) is 12.0. The summed E-state index contributed by atoms with van der Waals surface area (Å²) in [5, 5.41) is 2.78. The van der Waals surface area contributed by atoms with E-state index in [0.29, 0.717) is 38.6 Å². The minimum absolute atomic E-state index is 0.195. The molecule has 1 aromatic rings. The average molecular weight is 501 g/mol. The van der Waals surface area contributed by atoms with Gasteiger partial charge in [0.2, 0.25) is 0 Å². The summed E-state index contributed by atoms with van der Waals surface area (Å²) >= 11 is 0. The summed E-state index contributed by atoms with van der Waals surface area (Å²) in [5.41, 5.74) is 1.28. The molecule has 1 heterocycles. The van der Waals surface area contributed by atoms with E-state index in [1.807, 2.05) is 25.7 Å². The Morgan fingerprint density at radius 1 is 1.17 bits per heavy atom. The summed E-state index contributed by atoms with van der Waals surface area (Å²) in [6, 6.07) is 5.98. The van der Waals surface area contributed by atoms with E-state index in [9.17, 15) is 14.0 Å². The van der Waals surface area contributed by atoms with Crippen LogP contribution in [0.4, 0.5) is 19.7 Å². The number of fused-ring (bicyclic) bond motifs is 1. The van der Waals surface area contributed by atoms with Crippen LogP contribution in [0.2, 0.25) is 0 Å². The highest BCUT2D eigenvalue weighted by molar-refractivity contribution is 5.89. The van der Waals surface area contributed by atoms with E-state index in [4.69, 9.17) is 4.74 Å². The third-order valence-electron chi connectivity index (χ3n) is 8.07. The molecule has 2 fully saturated rings. The first-order valence-electron chi connectivity index (χ1n) is 13.1. The highest BCUT2D eigenvalue weighted by Crippen LogP contribution is 2.59. The van der Waals surface area contributed by atoms with E-state index in [1.165, 1.54) is 18.1 Å². The topological polar surface area (TPSA) is 65.1 Å². The van der Waals surface area contributed by atoms with Gasteiger partial charge in [0.15, 0.2) is 0 Å². The van der Waals surface area contributed by atoms with E-state index in [0.717, 1.165) is 25.4 Å². The third kappa shape index (κ3) is 6.02. The SMILES string of the molecule is CC(C)(C)OC(=O)N1CCN(CCN(CC2=CCC3CC2C3(C)C)C(=O)Nc2ccccc2F)CC1. The van der Waals surface area contributed by atoms with Gasteiger partial charge in [0, 0.05) is 45.8 Å². The van der Waals surface area contributed by atoms with Crippen LogP contribution in [0.5, 0.6) is 0 Å². The van der Waals surface area contributed by atoms with Gasteiger partial charge in [-0.05, 0) is 63.0 Å². The Kier molecular flexibility index (Phi) is 7.64. The molecule has 0 spiro atoms. The highest BCUT2D eigenvalue weighted by atomic mass is 19.1. The van der Waals surface area contributed by atoms with Crippen LogP contribution in [0, 0.1) is 23.1 Å². The summed E-state index contributed by atoms with van der Waals surface area (Å²) in [6.45, 7) is 14.7. The Morgan fingerprint density at radius 2 is 1.86 bits per heavy atom. The van der Waals surface area contributed by atoms with Gasteiger partial charge in [-0.25, -0.2) is 14.0 Å². The number of amides is 3. The molecular weight excluding hydrogens is 459 g/mol. The maximum atomic E-state index is 14.2. The lowest BCUT2D eigenvalue weighted by atomic mass is 9.49. The second-order valence-corrected chi connectivity index (χ2v) is 12.0. The quantitative estimate of drug-likeness (QED) is 0.545. The van der Waals surface area contributed by atoms with E-state index < -0.39 is 11.4 Å². The van der Waals surface area contributed by atoms with Gasteiger partial charge in [0.1, 0.15) is 11.4 Å². The van der Waals surface area contributed by atoms with Crippen LogP contribution in [-0.2, 0) is 4.74 Å². The van der Waals surface area contributed by atoms with Crippen molar-refractivity contribution in [2.45, 2.75) is 53.1 Å². The summed E-state index contributed by atoms with van der Waals surface area (Å²) in [7, 11) is 0. The number of allylic oxidation sites excluding steroid dienone is 1. The molecule has 198 valence electrons. The summed E-state index contributed by atoms with van der Waals surface area (Å²) in [6.07, 6.45) is 4.29. The Bertz CT molecular complexity index is 995. The minimum atomic E-state index is -0.511. The molecule has 7 nitrogen and oxygen atoms in total. The maximum absolute atomic E-state index is 14.2. The predicted octanol–water partition coefficient (Wildman–Crippen LogP) is 5.20. The van der Waals surface area contributed by atoms with Crippen molar-refractivity contribution >= 4 is 17.8 Å². The Balaban J connectivity index is 1.37. The number of anilines is 1. The monoisotopic (exact) mass is 500 g/mol. The highest BCUT2D eigenvalue weighted by Gasteiger charge is 2.51. The lowest BCUT2D eigenvalue weighted by molar-refractivity contribution is -0.00981. The van der Waals surface area contributed by atoms with E-state index in [-0.39, 0.29) is 23.2 Å². The molecule has 2 bridgehead atoms. The van der Waals surface area contributed by atoms with Crippen molar-refractivity contribution in [1.29, 1.82) is 0 Å². The molecular formula is C28H41FN4O3. The number of hydrogen-bond acceptors (Lipinski definition) is 4. The van der Waals surface area contributed by atoms with Gasteiger partial charge < -0.3 is 19.9 Å². The van der Waals surface area contributed by atoms with Gasteiger partial charge in [0.05, 0.1) is 5.69 Å². The van der Waals surface area contributed by atoms with Gasteiger partial charge in [-0.15, -0.1) is 0 Å². The number of rotatable bonds is 6. The number of nitrogens with zero attached hydrogens (tertiary/aromatic N) is 3. The predicted molar refractivity (Wildman–Crippen MR) is 139 cm³/mol. The first-order valence-corrected chi connectivity index (χ1v) is 13.1. The lowest BCUT2D eigenvalue weighted by Crippen LogP contribution is -2.53. The fraction of sp³-hybridized carbons (Fsp3) is 0.643. The second kappa shape index (κ2) is 10.4. The van der Waals surface area contributed by atoms with Gasteiger partial charge in [0.25, 0.3) is 0 Å². The van der Waals surface area contributed by atoms with Crippen molar-refractivity contribution in [3.8, 4) is 0 Å². The van der Waals surface area contributed by atoms with Crippen LogP contribution < -0.4 is 5.32 Å². The third-order valence-corrected chi connectivity index (χ3v) is 8.07. The number of nitrogens with one attached hydrogen (secondary N) is 1. The van der Waals surface area contributed by atoms with Gasteiger partial charge >= 0.3 is 12.1 Å². The van der Waals surface area contributed by atoms with Crippen molar-refractivity contribution in [3.05, 3.63) is 41.7 Å². The summed E-state index contributed by atoms with van der Waals surface area (Å²) < 4.78 is 19.7. The first-order chi connectivity index (χ1) is 16.9. The van der Waals surface area contributed by atoms with Crippen LogP contribution in [0.3, 0.4) is 0 Å². The molecule has 2 atom stereocenters. The normalized spacial score (nSPS) is 23.4. The molecule has 1 aliphatic heterocycles. The molecule has 4 aliphatic rings. The number of carbonyl (C=O) groups is 2. The molecule has 1 aromatic carbocycles. The molecule has 2 unspecified atom stereocenters. The first kappa shape index (κ1) is 26.5. The smallest absolute Gasteiger partial charge is 0.410 e. The Morgan fingerprint density at radius 3 is 2.47 bits per heavy atom. The Hall–Kier alpha value is -2.61. The lowest BCUT2D eigenvalue weighted by Gasteiger charge is -2.57. The number of piperazine rings is 1. The number of urea groups is 1. The van der Waals surface area contributed by atoms with Crippen LogP contribution in [0.15, 0.2) is 35.9 Å². The molecule has 3 amide bonds. The summed E-state index contributed by atoms with van der Waals surface area (Å²) in [5.74, 6) is 0.787. The van der Waals surface area contributed by atoms with Crippen molar-refractivity contribution in [2.75, 3.05) is 51.1 Å². The molecule has 0 aromatic heterocycles. The van der Waals surface area contributed by atoms with E-state index >= 15 is 0 Å². The van der Waals surface area contributed by atoms with Crippen molar-refractivity contribution < 1.29 is 18.7 Å². The minimum Gasteiger partial charge on any atom is -0.444 e. The average Bonchev–Trinajstić information content (AvgIpc) is 2.82. The largest absolute Gasteiger partial charge is 0.444 e. The molecule has 1 saturated carbocycles. The molecule has 8 heteroatoms.